The van der Waals surface area contributed by atoms with Crippen molar-refractivity contribution in [2.24, 2.45) is 5.84 Å². The quantitative estimate of drug-likeness (QED) is 0.376. The fourth-order valence-electron chi connectivity index (χ4n) is 1.49. The summed E-state index contributed by atoms with van der Waals surface area (Å²) in [6.45, 7) is 7.43. The third-order valence-electron chi connectivity index (χ3n) is 2.28. The number of hydrazine groups is 1. The molecule has 0 saturated carbocycles. The maximum Gasteiger partial charge on any atom is 0.148 e. The molecule has 1 aromatic rings. The Bertz CT molecular complexity index is 343. The molecule has 6 nitrogen and oxygen atoms in total. The molecular weight excluding hydrogens is 218 g/mol. The van der Waals surface area contributed by atoms with Gasteiger partial charge in [0.25, 0.3) is 0 Å². The summed E-state index contributed by atoms with van der Waals surface area (Å²) in [7, 11) is 0. The van der Waals surface area contributed by atoms with Crippen molar-refractivity contribution < 1.29 is 4.74 Å². The van der Waals surface area contributed by atoms with E-state index in [0.717, 1.165) is 17.8 Å². The Kier molecular flexibility index (Phi) is 5.65. The molecule has 4 N–H and O–H groups in total. The van der Waals surface area contributed by atoms with Crippen LogP contribution in [0, 0.1) is 0 Å². The number of rotatable bonds is 7. The molecule has 17 heavy (non-hydrogen) atoms. The second-order valence-corrected chi connectivity index (χ2v) is 3.89. The van der Waals surface area contributed by atoms with Crippen molar-refractivity contribution in [1.29, 1.82) is 0 Å². The zero-order valence-corrected chi connectivity index (χ0v) is 10.7. The van der Waals surface area contributed by atoms with Crippen molar-refractivity contribution in [3.8, 4) is 0 Å². The van der Waals surface area contributed by atoms with Gasteiger partial charge in [0, 0.05) is 12.1 Å². The second kappa shape index (κ2) is 7.03. The van der Waals surface area contributed by atoms with Crippen LogP contribution in [0.15, 0.2) is 6.33 Å². The molecule has 96 valence electrons. The standard InChI is InChI=1S/C11H21N5O/c1-4-9-10(13-5-6-17-8(2)3)14-7-15-11(9)16-12/h7-8H,4-6,12H2,1-3H3,(H2,13,14,15,16). The first kappa shape index (κ1) is 13.7. The van der Waals surface area contributed by atoms with Crippen LogP contribution in [0.4, 0.5) is 11.6 Å². The van der Waals surface area contributed by atoms with E-state index in [2.05, 4.69) is 20.7 Å². The molecule has 6 heteroatoms. The lowest BCUT2D eigenvalue weighted by Crippen LogP contribution is -2.17. The third-order valence-corrected chi connectivity index (χ3v) is 2.28. The largest absolute Gasteiger partial charge is 0.377 e. The van der Waals surface area contributed by atoms with E-state index in [0.29, 0.717) is 19.0 Å². The minimum Gasteiger partial charge on any atom is -0.377 e. The predicted molar refractivity (Wildman–Crippen MR) is 68.8 cm³/mol. The van der Waals surface area contributed by atoms with Crippen LogP contribution in [0.1, 0.15) is 26.3 Å². The minimum atomic E-state index is 0.245. The molecular formula is C11H21N5O. The molecule has 1 heterocycles. The van der Waals surface area contributed by atoms with Gasteiger partial charge >= 0.3 is 0 Å². The number of nitrogens with two attached hydrogens (primary N) is 1. The molecule has 0 aliphatic carbocycles. The molecule has 0 spiro atoms. The van der Waals surface area contributed by atoms with Crippen LogP contribution in [0.5, 0.6) is 0 Å². The summed E-state index contributed by atoms with van der Waals surface area (Å²) >= 11 is 0. The number of nitrogens with one attached hydrogen (secondary N) is 2. The summed E-state index contributed by atoms with van der Waals surface area (Å²) in [5.74, 6) is 6.87. The highest BCUT2D eigenvalue weighted by molar-refractivity contribution is 5.56. The fourth-order valence-corrected chi connectivity index (χ4v) is 1.49. The Morgan fingerprint density at radius 1 is 1.35 bits per heavy atom. The summed E-state index contributed by atoms with van der Waals surface area (Å²) in [5.41, 5.74) is 3.56. The van der Waals surface area contributed by atoms with Gasteiger partial charge in [-0.3, -0.25) is 0 Å². The highest BCUT2D eigenvalue weighted by Crippen LogP contribution is 2.18. The van der Waals surface area contributed by atoms with Gasteiger partial charge in [0.2, 0.25) is 0 Å². The van der Waals surface area contributed by atoms with Crippen molar-refractivity contribution in [2.45, 2.75) is 33.3 Å². The summed E-state index contributed by atoms with van der Waals surface area (Å²) in [5, 5.41) is 3.22. The Hall–Kier alpha value is -1.40. The van der Waals surface area contributed by atoms with Crippen molar-refractivity contribution in [1.82, 2.24) is 9.97 Å². The van der Waals surface area contributed by atoms with E-state index in [1.807, 2.05) is 20.8 Å². The molecule has 0 amide bonds. The van der Waals surface area contributed by atoms with E-state index in [4.69, 9.17) is 10.6 Å². The number of hydrogen-bond donors (Lipinski definition) is 3. The van der Waals surface area contributed by atoms with Crippen LogP contribution >= 0.6 is 0 Å². The molecule has 0 saturated heterocycles. The zero-order valence-electron chi connectivity index (χ0n) is 10.7. The van der Waals surface area contributed by atoms with Crippen molar-refractivity contribution in [3.05, 3.63) is 11.9 Å². The predicted octanol–water partition coefficient (Wildman–Crippen LogP) is 1.16. The fraction of sp³-hybridized carbons (Fsp3) is 0.636. The van der Waals surface area contributed by atoms with Gasteiger partial charge < -0.3 is 15.5 Å². The molecule has 0 aliphatic heterocycles. The van der Waals surface area contributed by atoms with Gasteiger partial charge in [-0.2, -0.15) is 0 Å². The molecule has 0 radical (unpaired) electrons. The summed E-state index contributed by atoms with van der Waals surface area (Å²) < 4.78 is 5.45. The highest BCUT2D eigenvalue weighted by atomic mass is 16.5. The van der Waals surface area contributed by atoms with Gasteiger partial charge in [-0.15, -0.1) is 0 Å². The van der Waals surface area contributed by atoms with Gasteiger partial charge in [-0.1, -0.05) is 6.92 Å². The minimum absolute atomic E-state index is 0.245. The molecule has 0 unspecified atom stereocenters. The maximum atomic E-state index is 5.45. The first-order valence-electron chi connectivity index (χ1n) is 5.85. The summed E-state index contributed by atoms with van der Waals surface area (Å²) in [4.78, 5) is 8.27. The van der Waals surface area contributed by atoms with Crippen molar-refractivity contribution in [2.75, 3.05) is 23.9 Å². The van der Waals surface area contributed by atoms with E-state index >= 15 is 0 Å². The Balaban J connectivity index is 2.58. The number of anilines is 2. The normalized spacial score (nSPS) is 10.6. The van der Waals surface area contributed by atoms with Crippen molar-refractivity contribution >= 4 is 11.6 Å². The number of hydrogen-bond acceptors (Lipinski definition) is 6. The lowest BCUT2D eigenvalue weighted by molar-refractivity contribution is 0.0870. The van der Waals surface area contributed by atoms with Crippen LogP contribution in [0.3, 0.4) is 0 Å². The van der Waals surface area contributed by atoms with Crippen LogP contribution in [-0.4, -0.2) is 29.2 Å². The van der Waals surface area contributed by atoms with Crippen molar-refractivity contribution in [3.63, 3.8) is 0 Å². The first-order valence-corrected chi connectivity index (χ1v) is 5.85. The van der Waals surface area contributed by atoms with Gasteiger partial charge in [0.05, 0.1) is 12.7 Å². The first-order chi connectivity index (χ1) is 8.19. The molecule has 0 fully saturated rings. The van der Waals surface area contributed by atoms with E-state index in [1.165, 1.54) is 6.33 Å². The molecule has 1 aromatic heterocycles. The lowest BCUT2D eigenvalue weighted by atomic mass is 10.2. The molecule has 1 rings (SSSR count). The summed E-state index contributed by atoms with van der Waals surface area (Å²) in [6.07, 6.45) is 2.54. The Morgan fingerprint density at radius 3 is 2.65 bits per heavy atom. The topological polar surface area (TPSA) is 85.1 Å². The maximum absolute atomic E-state index is 5.45. The monoisotopic (exact) mass is 239 g/mol. The summed E-state index contributed by atoms with van der Waals surface area (Å²) in [6, 6.07) is 0. The number of nitrogen functional groups attached to an aromatic ring is 1. The van der Waals surface area contributed by atoms with Crippen LogP contribution < -0.4 is 16.6 Å². The SMILES string of the molecule is CCc1c(NN)ncnc1NCCOC(C)C. The van der Waals surface area contributed by atoms with E-state index in [-0.39, 0.29) is 6.10 Å². The van der Waals surface area contributed by atoms with E-state index < -0.39 is 0 Å². The third kappa shape index (κ3) is 4.16. The Morgan fingerprint density at radius 2 is 2.06 bits per heavy atom. The van der Waals surface area contributed by atoms with Gasteiger partial charge in [-0.25, -0.2) is 15.8 Å². The number of aromatic nitrogens is 2. The van der Waals surface area contributed by atoms with Crippen LogP contribution in [-0.2, 0) is 11.2 Å². The van der Waals surface area contributed by atoms with Crippen LogP contribution in [0.25, 0.3) is 0 Å². The van der Waals surface area contributed by atoms with E-state index in [9.17, 15) is 0 Å². The molecule has 0 aromatic carbocycles. The Labute approximate surface area is 102 Å². The molecule has 0 aliphatic rings. The number of nitrogens with zero attached hydrogens (tertiary/aromatic N) is 2. The zero-order chi connectivity index (χ0) is 12.7. The average molecular weight is 239 g/mol. The highest BCUT2D eigenvalue weighted by Gasteiger charge is 2.07. The molecule has 0 atom stereocenters. The average Bonchev–Trinajstić information content (AvgIpc) is 2.33. The van der Waals surface area contributed by atoms with Gasteiger partial charge in [0.1, 0.15) is 18.0 Å². The number of ether oxygens (including phenoxy) is 1. The second-order valence-electron chi connectivity index (χ2n) is 3.89. The lowest BCUT2D eigenvalue weighted by Gasteiger charge is -2.13. The smallest absolute Gasteiger partial charge is 0.148 e. The molecule has 0 bridgehead atoms. The van der Waals surface area contributed by atoms with E-state index in [1.54, 1.807) is 0 Å². The van der Waals surface area contributed by atoms with Crippen LogP contribution in [0.2, 0.25) is 0 Å². The van der Waals surface area contributed by atoms with Gasteiger partial charge in [-0.05, 0) is 20.3 Å². The van der Waals surface area contributed by atoms with Gasteiger partial charge in [0.15, 0.2) is 0 Å².